The molecule has 0 unspecified atom stereocenters. The van der Waals surface area contributed by atoms with Crippen molar-refractivity contribution in [2.45, 2.75) is 33.8 Å². The van der Waals surface area contributed by atoms with Crippen LogP contribution in [0.3, 0.4) is 0 Å². The number of hydrogen-bond donors (Lipinski definition) is 1. The van der Waals surface area contributed by atoms with Gasteiger partial charge in [-0.25, -0.2) is 4.79 Å². The molecule has 0 bridgehead atoms. The number of ether oxygens (including phenoxy) is 1. The third-order valence-electron chi connectivity index (χ3n) is 3.10. The zero-order valence-electron chi connectivity index (χ0n) is 11.9. The number of aromatic nitrogens is 1. The number of nitrogens with one attached hydrogen (secondary N) is 1. The van der Waals surface area contributed by atoms with Crippen molar-refractivity contribution < 1.29 is 9.53 Å². The van der Waals surface area contributed by atoms with Gasteiger partial charge in [-0.1, -0.05) is 31.2 Å². The van der Waals surface area contributed by atoms with Gasteiger partial charge in [-0.15, -0.1) is 0 Å². The first-order valence-electron chi connectivity index (χ1n) is 6.55. The molecule has 20 heavy (non-hydrogen) atoms. The number of amides is 1. The van der Waals surface area contributed by atoms with Crippen molar-refractivity contribution in [3.05, 3.63) is 46.0 Å². The first kappa shape index (κ1) is 14.5. The first-order valence-corrected chi connectivity index (χ1v) is 7.32. The maximum Gasteiger partial charge on any atom is 0.412 e. The van der Waals surface area contributed by atoms with E-state index in [1.165, 1.54) is 11.5 Å². The van der Waals surface area contributed by atoms with Gasteiger partial charge in [0.25, 0.3) is 0 Å². The summed E-state index contributed by atoms with van der Waals surface area (Å²) >= 11 is 1.41. The van der Waals surface area contributed by atoms with Gasteiger partial charge in [-0.2, -0.15) is 4.37 Å². The molecule has 1 amide bonds. The molecule has 2 rings (SSSR count). The van der Waals surface area contributed by atoms with Crippen LogP contribution in [0.2, 0.25) is 0 Å². The summed E-state index contributed by atoms with van der Waals surface area (Å²) in [6.45, 7) is 6.19. The van der Waals surface area contributed by atoms with E-state index < -0.39 is 6.09 Å². The van der Waals surface area contributed by atoms with Crippen LogP contribution in [0.4, 0.5) is 10.5 Å². The molecule has 0 saturated heterocycles. The highest BCUT2D eigenvalue weighted by Gasteiger charge is 2.13. The first-order chi connectivity index (χ1) is 9.61. The van der Waals surface area contributed by atoms with Crippen LogP contribution in [-0.4, -0.2) is 10.5 Å². The van der Waals surface area contributed by atoms with Crippen molar-refractivity contribution in [1.29, 1.82) is 0 Å². The van der Waals surface area contributed by atoms with Crippen molar-refractivity contribution in [3.63, 3.8) is 0 Å². The molecule has 1 aromatic heterocycles. The Morgan fingerprint density at radius 2 is 2.10 bits per heavy atom. The van der Waals surface area contributed by atoms with Crippen LogP contribution < -0.4 is 5.32 Å². The Hall–Kier alpha value is -1.88. The fraction of sp³-hybridized carbons (Fsp3) is 0.333. The number of benzene rings is 1. The smallest absolute Gasteiger partial charge is 0.412 e. The molecule has 1 aromatic carbocycles. The van der Waals surface area contributed by atoms with Crippen LogP contribution >= 0.6 is 11.5 Å². The summed E-state index contributed by atoms with van der Waals surface area (Å²) in [7, 11) is 0. The summed E-state index contributed by atoms with van der Waals surface area (Å²) in [5.74, 6) is 0. The Morgan fingerprint density at radius 1 is 1.35 bits per heavy atom. The van der Waals surface area contributed by atoms with E-state index in [0.29, 0.717) is 0 Å². The highest BCUT2D eigenvalue weighted by Crippen LogP contribution is 2.25. The predicted octanol–water partition coefficient (Wildman–Crippen LogP) is 4.07. The Balaban J connectivity index is 1.96. The normalized spacial score (nSPS) is 10.3. The Bertz CT molecular complexity index is 608. The number of rotatable bonds is 4. The van der Waals surface area contributed by atoms with Gasteiger partial charge in [0.05, 0.1) is 11.4 Å². The van der Waals surface area contributed by atoms with E-state index in [2.05, 4.69) is 9.69 Å². The number of anilines is 1. The van der Waals surface area contributed by atoms with Crippen LogP contribution in [0.15, 0.2) is 24.3 Å². The highest BCUT2D eigenvalue weighted by molar-refractivity contribution is 7.06. The molecule has 1 N–H and O–H groups in total. The van der Waals surface area contributed by atoms with Gasteiger partial charge in [-0.3, -0.25) is 5.32 Å². The second-order valence-electron chi connectivity index (χ2n) is 4.55. The van der Waals surface area contributed by atoms with Gasteiger partial charge in [0, 0.05) is 4.88 Å². The number of nitrogens with zero attached hydrogens (tertiary/aromatic N) is 1. The molecule has 0 aliphatic carbocycles. The van der Waals surface area contributed by atoms with Crippen molar-refractivity contribution in [1.82, 2.24) is 4.37 Å². The fourth-order valence-electron chi connectivity index (χ4n) is 1.87. The minimum atomic E-state index is -0.439. The van der Waals surface area contributed by atoms with Crippen LogP contribution in [0.25, 0.3) is 0 Å². The van der Waals surface area contributed by atoms with Gasteiger partial charge >= 0.3 is 6.09 Å². The molecule has 2 aromatic rings. The minimum Gasteiger partial charge on any atom is -0.444 e. The zero-order chi connectivity index (χ0) is 14.5. The third kappa shape index (κ3) is 3.36. The maximum atomic E-state index is 11.9. The largest absolute Gasteiger partial charge is 0.444 e. The Morgan fingerprint density at radius 3 is 2.80 bits per heavy atom. The van der Waals surface area contributed by atoms with E-state index in [1.54, 1.807) is 0 Å². The minimum absolute atomic E-state index is 0.274. The second-order valence-corrected chi connectivity index (χ2v) is 5.41. The topological polar surface area (TPSA) is 51.2 Å². The lowest BCUT2D eigenvalue weighted by atomic mass is 10.1. The van der Waals surface area contributed by atoms with Gasteiger partial charge in [0.1, 0.15) is 6.61 Å². The fourth-order valence-corrected chi connectivity index (χ4v) is 2.63. The molecular formula is C15H18N2O2S. The molecule has 5 heteroatoms. The Labute approximate surface area is 123 Å². The third-order valence-corrected chi connectivity index (χ3v) is 4.18. The van der Waals surface area contributed by atoms with Gasteiger partial charge in [0.2, 0.25) is 0 Å². The highest BCUT2D eigenvalue weighted by atomic mass is 32.1. The average molecular weight is 290 g/mol. The molecule has 0 spiro atoms. The van der Waals surface area contributed by atoms with Gasteiger partial charge in [-0.05, 0) is 42.9 Å². The zero-order valence-corrected chi connectivity index (χ0v) is 12.7. The molecule has 4 nitrogen and oxygen atoms in total. The SMILES string of the molecule is CCc1snc(C)c1NC(=O)OCc1ccccc1C. The lowest BCUT2D eigenvalue weighted by Crippen LogP contribution is -2.15. The van der Waals surface area contributed by atoms with E-state index in [-0.39, 0.29) is 6.61 Å². The Kier molecular flexibility index (Phi) is 4.74. The summed E-state index contributed by atoms with van der Waals surface area (Å²) in [6.07, 6.45) is 0.407. The molecule has 106 valence electrons. The monoisotopic (exact) mass is 290 g/mol. The number of carbonyl (C=O) groups is 1. The summed E-state index contributed by atoms with van der Waals surface area (Å²) in [5.41, 5.74) is 3.74. The van der Waals surface area contributed by atoms with Crippen LogP contribution in [-0.2, 0) is 17.8 Å². The van der Waals surface area contributed by atoms with E-state index in [4.69, 9.17) is 4.74 Å². The molecule has 0 aliphatic heterocycles. The summed E-state index contributed by atoms with van der Waals surface area (Å²) in [6, 6.07) is 7.86. The van der Waals surface area contributed by atoms with E-state index >= 15 is 0 Å². The lowest BCUT2D eigenvalue weighted by molar-refractivity contribution is 0.155. The molecule has 0 aliphatic rings. The van der Waals surface area contributed by atoms with Crippen molar-refractivity contribution in [2.24, 2.45) is 0 Å². The van der Waals surface area contributed by atoms with Crippen LogP contribution in [0.1, 0.15) is 28.6 Å². The summed E-state index contributed by atoms with van der Waals surface area (Å²) in [5, 5.41) is 2.79. The van der Waals surface area contributed by atoms with Gasteiger partial charge < -0.3 is 4.74 Å². The van der Waals surface area contributed by atoms with Crippen LogP contribution in [0, 0.1) is 13.8 Å². The maximum absolute atomic E-state index is 11.9. The van der Waals surface area contributed by atoms with Crippen molar-refractivity contribution in [2.75, 3.05) is 5.32 Å². The summed E-state index contributed by atoms with van der Waals surface area (Å²) in [4.78, 5) is 12.9. The molecular weight excluding hydrogens is 272 g/mol. The molecule has 0 saturated carbocycles. The van der Waals surface area contributed by atoms with Crippen molar-refractivity contribution >= 4 is 23.3 Å². The van der Waals surface area contributed by atoms with E-state index in [0.717, 1.165) is 33.8 Å². The predicted molar refractivity (Wildman–Crippen MR) is 81.2 cm³/mol. The molecule has 0 atom stereocenters. The molecule has 1 heterocycles. The van der Waals surface area contributed by atoms with E-state index in [9.17, 15) is 4.79 Å². The van der Waals surface area contributed by atoms with Crippen molar-refractivity contribution in [3.8, 4) is 0 Å². The number of aryl methyl sites for hydroxylation is 3. The average Bonchev–Trinajstić information content (AvgIpc) is 2.79. The quantitative estimate of drug-likeness (QED) is 0.923. The van der Waals surface area contributed by atoms with Crippen LogP contribution in [0.5, 0.6) is 0 Å². The lowest BCUT2D eigenvalue weighted by Gasteiger charge is -2.09. The number of hydrogen-bond acceptors (Lipinski definition) is 4. The molecule has 0 fully saturated rings. The second kappa shape index (κ2) is 6.52. The number of carbonyl (C=O) groups excluding carboxylic acids is 1. The standard InChI is InChI=1S/C15H18N2O2S/c1-4-13-14(11(3)17-20-13)16-15(18)19-9-12-8-6-5-7-10(12)2/h5-8H,4,9H2,1-3H3,(H,16,18). The van der Waals surface area contributed by atoms with Gasteiger partial charge in [0.15, 0.2) is 0 Å². The summed E-state index contributed by atoms with van der Waals surface area (Å²) < 4.78 is 9.51. The van der Waals surface area contributed by atoms with E-state index in [1.807, 2.05) is 45.0 Å². The molecule has 0 radical (unpaired) electrons.